The highest BCUT2D eigenvalue weighted by molar-refractivity contribution is 8.15. The first-order valence-corrected chi connectivity index (χ1v) is 16.5. The van der Waals surface area contributed by atoms with E-state index in [1.54, 1.807) is 4.90 Å². The van der Waals surface area contributed by atoms with Crippen molar-refractivity contribution in [2.45, 2.75) is 64.7 Å². The maximum absolute atomic E-state index is 13.1. The van der Waals surface area contributed by atoms with Crippen LogP contribution in [0, 0.1) is 12.8 Å². The highest BCUT2D eigenvalue weighted by Crippen LogP contribution is 2.41. The van der Waals surface area contributed by atoms with Crippen LogP contribution in [0.2, 0.25) is 0 Å². The van der Waals surface area contributed by atoms with Crippen LogP contribution >= 0.6 is 11.8 Å². The predicted octanol–water partition coefficient (Wildman–Crippen LogP) is 8.20. The zero-order valence-corrected chi connectivity index (χ0v) is 27.0. The number of anilines is 1. The number of rotatable bonds is 8. The lowest BCUT2D eigenvalue weighted by Crippen LogP contribution is -2.31. The number of halogens is 3. The van der Waals surface area contributed by atoms with Crippen LogP contribution in [0.1, 0.15) is 68.1 Å². The van der Waals surface area contributed by atoms with Gasteiger partial charge in [0, 0.05) is 12.0 Å². The van der Waals surface area contributed by atoms with Crippen molar-refractivity contribution in [3.8, 4) is 22.8 Å². The fraction of sp³-hybridized carbons (Fsp3) is 0.343. The number of aryl methyl sites for hydroxylation is 1. The van der Waals surface area contributed by atoms with Crippen LogP contribution in [0.5, 0.6) is 5.75 Å². The Kier molecular flexibility index (Phi) is 9.23. The van der Waals surface area contributed by atoms with Crippen molar-refractivity contribution < 1.29 is 27.5 Å². The summed E-state index contributed by atoms with van der Waals surface area (Å²) in [6.07, 6.45) is -0.131. The van der Waals surface area contributed by atoms with Crippen LogP contribution in [0.15, 0.2) is 78.0 Å². The molecule has 1 aliphatic heterocycles. The monoisotopic (exact) mass is 661 g/mol. The fourth-order valence-corrected chi connectivity index (χ4v) is 7.08. The molecule has 1 aliphatic carbocycles. The maximum Gasteiger partial charge on any atom is 0.573 e. The third-order valence-electron chi connectivity index (χ3n) is 8.51. The van der Waals surface area contributed by atoms with Gasteiger partial charge < -0.3 is 4.74 Å². The van der Waals surface area contributed by atoms with Crippen molar-refractivity contribution in [2.75, 3.05) is 10.7 Å². The normalized spacial score (nSPS) is 19.3. The van der Waals surface area contributed by atoms with Gasteiger partial charge in [-0.2, -0.15) is 4.99 Å². The minimum absolute atomic E-state index is 0.0611. The highest BCUT2D eigenvalue weighted by Gasteiger charge is 2.34. The number of carbonyl (C=O) groups is 2. The topological polar surface area (TPSA) is 89.7 Å². The van der Waals surface area contributed by atoms with Gasteiger partial charge in [-0.05, 0) is 91.0 Å². The number of ether oxygens (including phenoxy) is 1. The summed E-state index contributed by atoms with van der Waals surface area (Å²) in [7, 11) is 0. The Morgan fingerprint density at radius 3 is 2.51 bits per heavy atom. The van der Waals surface area contributed by atoms with Gasteiger partial charge in [-0.15, -0.1) is 18.3 Å². The standard InChI is InChI=1S/C35H34F3N5O3S/c1-21(2)29-15-4-22(3)16-30(29)43-32(45)19-47-34(43)40-31(44)18-23-5-6-26(17-23)24-7-9-25(10-8-24)33-39-20-42(41-33)27-11-13-28(14-12-27)46-35(36,37)38/h4,7-16,20-21,23,26H,5-6,17-19H2,1-3H3. The second kappa shape index (κ2) is 13.3. The van der Waals surface area contributed by atoms with Crippen LogP contribution in [-0.4, -0.2) is 43.9 Å². The minimum Gasteiger partial charge on any atom is -0.406 e. The molecule has 2 fully saturated rings. The Labute approximate surface area is 275 Å². The summed E-state index contributed by atoms with van der Waals surface area (Å²) in [6.45, 7) is 6.17. The number of benzene rings is 3. The first-order valence-electron chi connectivity index (χ1n) is 15.5. The van der Waals surface area contributed by atoms with Gasteiger partial charge >= 0.3 is 6.36 Å². The molecule has 1 saturated heterocycles. The molecular formula is C35H34F3N5O3S. The summed E-state index contributed by atoms with van der Waals surface area (Å²) in [5, 5.41) is 4.94. The lowest BCUT2D eigenvalue weighted by Gasteiger charge is -2.22. The summed E-state index contributed by atoms with van der Waals surface area (Å²) >= 11 is 1.32. The number of hydrogen-bond donors (Lipinski definition) is 0. The van der Waals surface area contributed by atoms with E-state index in [2.05, 4.69) is 45.8 Å². The molecule has 2 aliphatic rings. The molecule has 0 N–H and O–H groups in total. The van der Waals surface area contributed by atoms with Crippen molar-refractivity contribution in [3.63, 3.8) is 0 Å². The Hall–Kier alpha value is -4.45. The first kappa shape index (κ1) is 32.5. The van der Waals surface area contributed by atoms with Crippen LogP contribution in [0.4, 0.5) is 18.9 Å². The van der Waals surface area contributed by atoms with E-state index in [0.29, 0.717) is 29.0 Å². The number of amidine groups is 1. The number of alkyl halides is 3. The van der Waals surface area contributed by atoms with E-state index < -0.39 is 6.36 Å². The van der Waals surface area contributed by atoms with Crippen molar-refractivity contribution in [1.82, 2.24) is 14.8 Å². The van der Waals surface area contributed by atoms with E-state index in [1.165, 1.54) is 52.6 Å². The molecule has 2 atom stereocenters. The Balaban J connectivity index is 1.07. The van der Waals surface area contributed by atoms with E-state index in [-0.39, 0.29) is 35.2 Å². The van der Waals surface area contributed by atoms with Gasteiger partial charge in [0.15, 0.2) is 11.0 Å². The molecule has 2 amide bonds. The van der Waals surface area contributed by atoms with Crippen LogP contribution in [-0.2, 0) is 9.59 Å². The Bertz CT molecular complexity index is 1800. The van der Waals surface area contributed by atoms with E-state index >= 15 is 0 Å². The molecule has 1 saturated carbocycles. The third-order valence-corrected chi connectivity index (χ3v) is 9.43. The maximum atomic E-state index is 13.1. The lowest BCUT2D eigenvalue weighted by molar-refractivity contribution is -0.274. The zero-order valence-electron chi connectivity index (χ0n) is 26.2. The summed E-state index contributed by atoms with van der Waals surface area (Å²) in [5.41, 5.74) is 5.44. The third kappa shape index (κ3) is 7.59. The number of nitrogens with zero attached hydrogens (tertiary/aromatic N) is 5. The van der Waals surface area contributed by atoms with Gasteiger partial charge in [-0.25, -0.2) is 9.67 Å². The second-order valence-corrected chi connectivity index (χ2v) is 13.2. The average Bonchev–Trinajstić information content (AvgIpc) is 3.77. The molecule has 244 valence electrons. The molecule has 4 aromatic rings. The quantitative estimate of drug-likeness (QED) is 0.189. The zero-order chi connectivity index (χ0) is 33.3. The smallest absolute Gasteiger partial charge is 0.406 e. The van der Waals surface area contributed by atoms with Crippen LogP contribution in [0.3, 0.4) is 0 Å². The van der Waals surface area contributed by atoms with Crippen molar-refractivity contribution in [2.24, 2.45) is 10.9 Å². The first-order chi connectivity index (χ1) is 22.4. The van der Waals surface area contributed by atoms with Crippen LogP contribution < -0.4 is 9.64 Å². The summed E-state index contributed by atoms with van der Waals surface area (Å²) < 4.78 is 42.8. The van der Waals surface area contributed by atoms with Crippen molar-refractivity contribution >= 4 is 34.4 Å². The van der Waals surface area contributed by atoms with E-state index in [9.17, 15) is 22.8 Å². The SMILES string of the molecule is Cc1ccc(C(C)C)c(N2C(=O)CSC2=NC(=O)CC2CCC(c3ccc(-c4ncn(-c5ccc(OC(F)(F)F)cc5)n4)cc3)C2)c1. The Morgan fingerprint density at radius 2 is 1.81 bits per heavy atom. The fourth-order valence-electron chi connectivity index (χ4n) is 6.20. The number of aliphatic imine (C=N–C) groups is 1. The molecule has 6 rings (SSSR count). The van der Waals surface area contributed by atoms with Crippen molar-refractivity contribution in [1.29, 1.82) is 0 Å². The molecule has 0 bridgehead atoms. The second-order valence-electron chi connectivity index (χ2n) is 12.3. The number of aromatic nitrogens is 3. The largest absolute Gasteiger partial charge is 0.573 e. The van der Waals surface area contributed by atoms with Gasteiger partial charge in [-0.3, -0.25) is 14.5 Å². The van der Waals surface area contributed by atoms with E-state index in [4.69, 9.17) is 0 Å². The van der Waals surface area contributed by atoms with E-state index in [0.717, 1.165) is 41.6 Å². The Morgan fingerprint density at radius 1 is 1.06 bits per heavy atom. The molecule has 3 aromatic carbocycles. The molecule has 0 radical (unpaired) electrons. The summed E-state index contributed by atoms with van der Waals surface area (Å²) in [4.78, 5) is 36.5. The van der Waals surface area contributed by atoms with Gasteiger partial charge in [0.2, 0.25) is 11.8 Å². The van der Waals surface area contributed by atoms with Gasteiger partial charge in [0.05, 0.1) is 17.1 Å². The summed E-state index contributed by atoms with van der Waals surface area (Å²) in [5.74, 6) is 0.936. The number of hydrogen-bond acceptors (Lipinski definition) is 6. The summed E-state index contributed by atoms with van der Waals surface area (Å²) in [6, 6.07) is 19.5. The lowest BCUT2D eigenvalue weighted by atomic mass is 9.94. The molecule has 8 nitrogen and oxygen atoms in total. The van der Waals surface area contributed by atoms with Gasteiger partial charge in [-0.1, -0.05) is 62.0 Å². The molecule has 2 unspecified atom stereocenters. The number of carbonyl (C=O) groups excluding carboxylic acids is 2. The highest BCUT2D eigenvalue weighted by atomic mass is 32.2. The van der Waals surface area contributed by atoms with E-state index in [1.807, 2.05) is 37.3 Å². The van der Waals surface area contributed by atoms with Crippen molar-refractivity contribution in [3.05, 3.63) is 89.7 Å². The molecule has 1 aromatic heterocycles. The number of amides is 2. The molecular weight excluding hydrogens is 627 g/mol. The predicted molar refractivity (Wildman–Crippen MR) is 176 cm³/mol. The van der Waals surface area contributed by atoms with Gasteiger partial charge in [0.25, 0.3) is 0 Å². The minimum atomic E-state index is -4.75. The average molecular weight is 662 g/mol. The molecule has 2 heterocycles. The molecule has 12 heteroatoms. The van der Waals surface area contributed by atoms with Gasteiger partial charge in [0.1, 0.15) is 12.1 Å². The molecule has 0 spiro atoms. The van der Waals surface area contributed by atoms with Crippen LogP contribution in [0.25, 0.3) is 17.1 Å². The molecule has 47 heavy (non-hydrogen) atoms. The number of thioether (sulfide) groups is 1.